The van der Waals surface area contributed by atoms with Crippen LogP contribution in [0.2, 0.25) is 5.02 Å². The topological polar surface area (TPSA) is 63.5 Å². The van der Waals surface area contributed by atoms with Crippen molar-refractivity contribution in [2.24, 2.45) is 0 Å². The van der Waals surface area contributed by atoms with E-state index in [0.29, 0.717) is 5.56 Å². The average Bonchev–Trinajstić information content (AvgIpc) is 2.67. The largest absolute Gasteiger partial charge is 0.305 e. The number of halogens is 2. The van der Waals surface area contributed by atoms with E-state index >= 15 is 0 Å². The van der Waals surface area contributed by atoms with Gasteiger partial charge >= 0.3 is 0 Å². The van der Waals surface area contributed by atoms with Gasteiger partial charge in [0.15, 0.2) is 5.78 Å². The van der Waals surface area contributed by atoms with E-state index in [-0.39, 0.29) is 34.5 Å². The number of nitrogens with zero attached hydrogens (tertiary/aromatic N) is 2. The maximum atomic E-state index is 12.7. The number of carbonyl (C=O) groups excluding carboxylic acids is 1. The summed E-state index contributed by atoms with van der Waals surface area (Å²) in [5, 5.41) is 10.9. The standard InChI is InChI=1S/C22H19ClN2O3.ClH/c1-24(2)14-15-3-5-16(6-4-15)17-7-9-18(10-8-17)22(26)20-12-11-19(25(27)28)13-21(20)23;/h3-13H,14H2,1-2H3;1H. The summed E-state index contributed by atoms with van der Waals surface area (Å²) in [5.41, 5.74) is 3.87. The lowest BCUT2D eigenvalue weighted by Gasteiger charge is -2.10. The first-order chi connectivity index (χ1) is 13.3. The third kappa shape index (κ3) is 5.41. The molecule has 0 aliphatic carbocycles. The molecule has 0 fully saturated rings. The van der Waals surface area contributed by atoms with Gasteiger partial charge in [0, 0.05) is 29.8 Å². The van der Waals surface area contributed by atoms with E-state index in [1.54, 1.807) is 12.1 Å². The highest BCUT2D eigenvalue weighted by atomic mass is 35.5. The summed E-state index contributed by atoms with van der Waals surface area (Å²) >= 11 is 6.07. The van der Waals surface area contributed by atoms with Crippen LogP contribution in [0.4, 0.5) is 5.69 Å². The van der Waals surface area contributed by atoms with E-state index in [1.165, 1.54) is 23.8 Å². The van der Waals surface area contributed by atoms with Gasteiger partial charge in [0.05, 0.1) is 9.95 Å². The van der Waals surface area contributed by atoms with E-state index < -0.39 is 4.92 Å². The predicted molar refractivity (Wildman–Crippen MR) is 118 cm³/mol. The molecule has 0 atom stereocenters. The maximum Gasteiger partial charge on any atom is 0.270 e. The number of hydrogen-bond donors (Lipinski definition) is 0. The van der Waals surface area contributed by atoms with Crippen molar-refractivity contribution in [2.75, 3.05) is 14.1 Å². The molecule has 0 saturated carbocycles. The second-order valence-electron chi connectivity index (χ2n) is 6.76. The van der Waals surface area contributed by atoms with Crippen molar-refractivity contribution >= 4 is 35.5 Å². The van der Waals surface area contributed by atoms with Crippen molar-refractivity contribution in [1.29, 1.82) is 0 Å². The van der Waals surface area contributed by atoms with Gasteiger partial charge in [-0.15, -0.1) is 12.4 Å². The zero-order chi connectivity index (χ0) is 20.3. The van der Waals surface area contributed by atoms with E-state index in [1.807, 2.05) is 26.2 Å². The smallest absolute Gasteiger partial charge is 0.270 e. The Morgan fingerprint density at radius 3 is 2.00 bits per heavy atom. The molecule has 0 radical (unpaired) electrons. The first-order valence-electron chi connectivity index (χ1n) is 8.68. The second-order valence-corrected chi connectivity index (χ2v) is 7.17. The molecule has 0 bridgehead atoms. The van der Waals surface area contributed by atoms with E-state index in [2.05, 4.69) is 29.2 Å². The molecule has 0 aliphatic heterocycles. The fraction of sp³-hybridized carbons (Fsp3) is 0.136. The number of ketones is 1. The first kappa shape index (κ1) is 22.6. The summed E-state index contributed by atoms with van der Waals surface area (Å²) in [4.78, 5) is 25.1. The van der Waals surface area contributed by atoms with Crippen molar-refractivity contribution in [3.05, 3.63) is 98.6 Å². The lowest BCUT2D eigenvalue weighted by molar-refractivity contribution is -0.384. The molecule has 3 aromatic rings. The van der Waals surface area contributed by atoms with E-state index in [9.17, 15) is 14.9 Å². The monoisotopic (exact) mass is 430 g/mol. The van der Waals surface area contributed by atoms with E-state index in [0.717, 1.165) is 17.7 Å². The third-order valence-corrected chi connectivity index (χ3v) is 4.65. The molecule has 3 rings (SSSR count). The summed E-state index contributed by atoms with van der Waals surface area (Å²) < 4.78 is 0. The quantitative estimate of drug-likeness (QED) is 0.288. The number of hydrogen-bond acceptors (Lipinski definition) is 4. The Bertz CT molecular complexity index is 1020. The highest BCUT2D eigenvalue weighted by Crippen LogP contribution is 2.26. The summed E-state index contributed by atoms with van der Waals surface area (Å²) in [5.74, 6) is -0.271. The molecular formula is C22H20Cl2N2O3. The van der Waals surface area contributed by atoms with Crippen molar-refractivity contribution in [1.82, 2.24) is 4.90 Å². The minimum absolute atomic E-state index is 0. The van der Waals surface area contributed by atoms with Gasteiger partial charge in [-0.1, -0.05) is 60.1 Å². The Morgan fingerprint density at radius 1 is 0.966 bits per heavy atom. The summed E-state index contributed by atoms with van der Waals surface area (Å²) in [6.07, 6.45) is 0. The van der Waals surface area contributed by atoms with Gasteiger partial charge in [-0.3, -0.25) is 14.9 Å². The number of benzene rings is 3. The van der Waals surface area contributed by atoms with Crippen LogP contribution in [0.25, 0.3) is 11.1 Å². The molecule has 150 valence electrons. The minimum atomic E-state index is -0.543. The molecule has 0 N–H and O–H groups in total. The van der Waals surface area contributed by atoms with Crippen LogP contribution >= 0.6 is 24.0 Å². The van der Waals surface area contributed by atoms with E-state index in [4.69, 9.17) is 11.6 Å². The van der Waals surface area contributed by atoms with Crippen LogP contribution in [0.1, 0.15) is 21.5 Å². The van der Waals surface area contributed by atoms with Crippen LogP contribution < -0.4 is 0 Å². The van der Waals surface area contributed by atoms with Gasteiger partial charge in [-0.2, -0.15) is 0 Å². The van der Waals surface area contributed by atoms with Crippen molar-refractivity contribution in [2.45, 2.75) is 6.54 Å². The maximum absolute atomic E-state index is 12.7. The molecule has 7 heteroatoms. The molecule has 3 aromatic carbocycles. The fourth-order valence-corrected chi connectivity index (χ4v) is 3.20. The van der Waals surface area contributed by atoms with Crippen molar-refractivity contribution < 1.29 is 9.72 Å². The number of non-ortho nitro benzene ring substituents is 1. The second kappa shape index (κ2) is 9.65. The van der Waals surface area contributed by atoms with Gasteiger partial charge < -0.3 is 4.90 Å². The van der Waals surface area contributed by atoms with Gasteiger partial charge in [0.2, 0.25) is 0 Å². The number of carbonyl (C=O) groups is 1. The SMILES string of the molecule is CN(C)Cc1ccc(-c2ccc(C(=O)c3ccc([N+](=O)[O-])cc3Cl)cc2)cc1.Cl. The van der Waals surface area contributed by atoms with Crippen LogP contribution in [-0.4, -0.2) is 29.7 Å². The fourth-order valence-electron chi connectivity index (χ4n) is 2.94. The van der Waals surface area contributed by atoms with Crippen LogP contribution in [-0.2, 0) is 6.54 Å². The molecule has 0 spiro atoms. The molecular weight excluding hydrogens is 411 g/mol. The normalized spacial score (nSPS) is 10.5. The lowest BCUT2D eigenvalue weighted by Crippen LogP contribution is -2.10. The van der Waals surface area contributed by atoms with Gasteiger partial charge in [-0.25, -0.2) is 0 Å². The Balaban J connectivity index is 0.00000300. The first-order valence-corrected chi connectivity index (χ1v) is 9.05. The Labute approximate surface area is 180 Å². The van der Waals surface area contributed by atoms with Crippen LogP contribution in [0.3, 0.4) is 0 Å². The highest BCUT2D eigenvalue weighted by molar-refractivity contribution is 6.35. The number of nitro benzene ring substituents is 1. The molecule has 29 heavy (non-hydrogen) atoms. The average molecular weight is 431 g/mol. The molecule has 0 aromatic heterocycles. The van der Waals surface area contributed by atoms with Crippen molar-refractivity contribution in [3.63, 3.8) is 0 Å². The summed E-state index contributed by atoms with van der Waals surface area (Å²) in [6.45, 7) is 0.879. The third-order valence-electron chi connectivity index (χ3n) is 4.34. The van der Waals surface area contributed by atoms with Crippen LogP contribution in [0.15, 0.2) is 66.7 Å². The minimum Gasteiger partial charge on any atom is -0.305 e. The lowest BCUT2D eigenvalue weighted by atomic mass is 9.98. The highest BCUT2D eigenvalue weighted by Gasteiger charge is 2.16. The van der Waals surface area contributed by atoms with Crippen LogP contribution in [0, 0.1) is 10.1 Å². The number of rotatable bonds is 6. The van der Waals surface area contributed by atoms with Gasteiger partial charge in [0.25, 0.3) is 5.69 Å². The Kier molecular flexibility index (Phi) is 7.51. The molecule has 0 heterocycles. The summed E-state index contributed by atoms with van der Waals surface area (Å²) in [6, 6.07) is 19.4. The number of nitro groups is 1. The Hall–Kier alpha value is -2.73. The molecule has 0 aliphatic rings. The molecule has 0 unspecified atom stereocenters. The molecule has 0 saturated heterocycles. The van der Waals surface area contributed by atoms with Gasteiger partial charge in [0.1, 0.15) is 0 Å². The predicted octanol–water partition coefficient (Wildman–Crippen LogP) is 5.63. The van der Waals surface area contributed by atoms with Crippen LogP contribution in [0.5, 0.6) is 0 Å². The van der Waals surface area contributed by atoms with Gasteiger partial charge in [-0.05, 0) is 36.9 Å². The molecule has 5 nitrogen and oxygen atoms in total. The summed E-state index contributed by atoms with van der Waals surface area (Å²) in [7, 11) is 4.06. The Morgan fingerprint density at radius 2 is 1.52 bits per heavy atom. The van der Waals surface area contributed by atoms with Crippen molar-refractivity contribution in [3.8, 4) is 11.1 Å². The molecule has 0 amide bonds. The zero-order valence-electron chi connectivity index (χ0n) is 16.0. The zero-order valence-corrected chi connectivity index (χ0v) is 17.5.